The van der Waals surface area contributed by atoms with E-state index < -0.39 is 29.5 Å². The van der Waals surface area contributed by atoms with Crippen molar-refractivity contribution in [3.8, 4) is 11.3 Å². The summed E-state index contributed by atoms with van der Waals surface area (Å²) in [6.45, 7) is 4.93. The second-order valence-electron chi connectivity index (χ2n) is 7.37. The van der Waals surface area contributed by atoms with Crippen molar-refractivity contribution in [2.24, 2.45) is 0 Å². The van der Waals surface area contributed by atoms with E-state index in [0.29, 0.717) is 6.54 Å². The molecular weight excluding hydrogens is 406 g/mol. The van der Waals surface area contributed by atoms with Crippen molar-refractivity contribution in [1.29, 1.82) is 0 Å². The SMILES string of the molecule is CCCCCCNCC(C)c1ccc(-c2ccc(C(F)(F)F)cc2)nc1C(F)(F)F. The van der Waals surface area contributed by atoms with Crippen LogP contribution in [0.2, 0.25) is 0 Å². The Hall–Kier alpha value is -2.09. The van der Waals surface area contributed by atoms with Gasteiger partial charge in [-0.2, -0.15) is 26.3 Å². The smallest absolute Gasteiger partial charge is 0.316 e. The highest BCUT2D eigenvalue weighted by Gasteiger charge is 2.37. The molecular formula is C22H26F6N2. The number of nitrogens with one attached hydrogen (secondary N) is 1. The first-order chi connectivity index (χ1) is 14.0. The lowest BCUT2D eigenvalue weighted by molar-refractivity contribution is -0.142. The van der Waals surface area contributed by atoms with Crippen LogP contribution in [0.15, 0.2) is 36.4 Å². The van der Waals surface area contributed by atoms with Gasteiger partial charge in [0.25, 0.3) is 0 Å². The maximum atomic E-state index is 13.6. The normalized spacial score (nSPS) is 13.5. The number of benzene rings is 1. The Balaban J connectivity index is 2.19. The van der Waals surface area contributed by atoms with E-state index in [-0.39, 0.29) is 16.8 Å². The van der Waals surface area contributed by atoms with Crippen molar-refractivity contribution in [1.82, 2.24) is 10.3 Å². The zero-order chi connectivity index (χ0) is 22.4. The molecule has 0 saturated heterocycles. The second kappa shape index (κ2) is 10.3. The Morgan fingerprint density at radius 3 is 2.10 bits per heavy atom. The summed E-state index contributed by atoms with van der Waals surface area (Å²) < 4.78 is 79.0. The molecule has 8 heteroatoms. The molecule has 0 bridgehead atoms. The van der Waals surface area contributed by atoms with E-state index in [1.54, 1.807) is 6.92 Å². The molecule has 0 aliphatic carbocycles. The number of halogens is 6. The monoisotopic (exact) mass is 432 g/mol. The molecule has 166 valence electrons. The largest absolute Gasteiger partial charge is 0.433 e. The van der Waals surface area contributed by atoms with Gasteiger partial charge < -0.3 is 5.32 Å². The minimum atomic E-state index is -4.66. The third-order valence-electron chi connectivity index (χ3n) is 4.89. The highest BCUT2D eigenvalue weighted by Crippen LogP contribution is 2.36. The minimum Gasteiger partial charge on any atom is -0.316 e. The molecule has 2 aromatic rings. The molecule has 0 fully saturated rings. The van der Waals surface area contributed by atoms with Crippen molar-refractivity contribution in [3.63, 3.8) is 0 Å². The summed E-state index contributed by atoms with van der Waals surface area (Å²) in [5, 5.41) is 3.19. The molecule has 0 aliphatic rings. The van der Waals surface area contributed by atoms with Gasteiger partial charge in [0.2, 0.25) is 0 Å². The highest BCUT2D eigenvalue weighted by atomic mass is 19.4. The predicted molar refractivity (Wildman–Crippen MR) is 105 cm³/mol. The lowest BCUT2D eigenvalue weighted by atomic mass is 9.97. The first kappa shape index (κ1) is 24.2. The summed E-state index contributed by atoms with van der Waals surface area (Å²) in [4.78, 5) is 3.76. The van der Waals surface area contributed by atoms with Crippen LogP contribution in [0.25, 0.3) is 11.3 Å². The molecule has 0 aliphatic heterocycles. The predicted octanol–water partition coefficient (Wildman–Crippen LogP) is 7.06. The maximum absolute atomic E-state index is 13.6. The number of aromatic nitrogens is 1. The second-order valence-corrected chi connectivity index (χ2v) is 7.37. The highest BCUT2D eigenvalue weighted by molar-refractivity contribution is 5.60. The summed E-state index contributed by atoms with van der Waals surface area (Å²) in [5.41, 5.74) is -1.61. The van der Waals surface area contributed by atoms with Crippen LogP contribution in [0.5, 0.6) is 0 Å². The Bertz CT molecular complexity index is 797. The third-order valence-corrected chi connectivity index (χ3v) is 4.89. The van der Waals surface area contributed by atoms with Gasteiger partial charge in [0.05, 0.1) is 11.3 Å². The van der Waals surface area contributed by atoms with Crippen molar-refractivity contribution in [2.45, 2.75) is 57.8 Å². The fourth-order valence-electron chi connectivity index (χ4n) is 3.19. The van der Waals surface area contributed by atoms with E-state index in [4.69, 9.17) is 0 Å². The van der Waals surface area contributed by atoms with Gasteiger partial charge >= 0.3 is 12.4 Å². The van der Waals surface area contributed by atoms with Gasteiger partial charge in [-0.3, -0.25) is 0 Å². The number of alkyl halides is 6. The Morgan fingerprint density at radius 1 is 0.867 bits per heavy atom. The number of nitrogens with zero attached hydrogens (tertiary/aromatic N) is 1. The van der Waals surface area contributed by atoms with Crippen LogP contribution in [0.1, 0.15) is 62.3 Å². The summed E-state index contributed by atoms with van der Waals surface area (Å²) in [5.74, 6) is -0.415. The molecule has 0 saturated carbocycles. The molecule has 1 aromatic heterocycles. The quantitative estimate of drug-likeness (QED) is 0.339. The van der Waals surface area contributed by atoms with Crippen LogP contribution in [0.3, 0.4) is 0 Å². The van der Waals surface area contributed by atoms with E-state index in [9.17, 15) is 26.3 Å². The van der Waals surface area contributed by atoms with Crippen LogP contribution in [-0.4, -0.2) is 18.1 Å². The molecule has 2 nitrogen and oxygen atoms in total. The lowest BCUT2D eigenvalue weighted by Crippen LogP contribution is -2.24. The van der Waals surface area contributed by atoms with Crippen molar-refractivity contribution < 1.29 is 26.3 Å². The first-order valence-corrected chi connectivity index (χ1v) is 10.0. The van der Waals surface area contributed by atoms with Gasteiger partial charge in [0, 0.05) is 12.1 Å². The molecule has 1 atom stereocenters. The summed E-state index contributed by atoms with van der Waals surface area (Å²) in [6, 6.07) is 6.72. The van der Waals surface area contributed by atoms with Gasteiger partial charge in [0.15, 0.2) is 0 Å². The Kier molecular flexibility index (Phi) is 8.29. The molecule has 1 N–H and O–H groups in total. The van der Waals surface area contributed by atoms with Crippen LogP contribution < -0.4 is 5.32 Å². The van der Waals surface area contributed by atoms with Crippen LogP contribution in [0, 0.1) is 0 Å². The number of hydrogen-bond acceptors (Lipinski definition) is 2. The Labute approximate surface area is 172 Å². The third kappa shape index (κ3) is 6.72. The van der Waals surface area contributed by atoms with Gasteiger partial charge in [0.1, 0.15) is 5.69 Å². The van der Waals surface area contributed by atoms with Crippen molar-refractivity contribution in [3.05, 3.63) is 53.2 Å². The molecule has 1 aromatic carbocycles. The van der Waals surface area contributed by atoms with E-state index >= 15 is 0 Å². The van der Waals surface area contributed by atoms with E-state index in [2.05, 4.69) is 17.2 Å². The molecule has 1 unspecified atom stereocenters. The zero-order valence-electron chi connectivity index (χ0n) is 17.0. The molecule has 2 rings (SSSR count). The van der Waals surface area contributed by atoms with Gasteiger partial charge in [-0.25, -0.2) is 4.98 Å². The number of hydrogen-bond donors (Lipinski definition) is 1. The summed E-state index contributed by atoms with van der Waals surface area (Å²) in [6.07, 6.45) is -4.88. The fraction of sp³-hybridized carbons (Fsp3) is 0.500. The van der Waals surface area contributed by atoms with E-state index in [1.807, 2.05) is 0 Å². The average molecular weight is 432 g/mol. The van der Waals surface area contributed by atoms with Crippen molar-refractivity contribution >= 4 is 0 Å². The van der Waals surface area contributed by atoms with Gasteiger partial charge in [-0.1, -0.05) is 51.3 Å². The number of pyridine rings is 1. The topological polar surface area (TPSA) is 24.9 Å². The van der Waals surface area contributed by atoms with Crippen molar-refractivity contribution in [2.75, 3.05) is 13.1 Å². The number of unbranched alkanes of at least 4 members (excludes halogenated alkanes) is 3. The van der Waals surface area contributed by atoms with Crippen LogP contribution >= 0.6 is 0 Å². The first-order valence-electron chi connectivity index (χ1n) is 10.0. The minimum absolute atomic E-state index is 0.0143. The van der Waals surface area contributed by atoms with Crippen LogP contribution in [-0.2, 0) is 12.4 Å². The number of rotatable bonds is 9. The molecule has 0 radical (unpaired) electrons. The molecule has 0 spiro atoms. The maximum Gasteiger partial charge on any atom is 0.433 e. The molecule has 30 heavy (non-hydrogen) atoms. The average Bonchev–Trinajstić information content (AvgIpc) is 2.69. The van der Waals surface area contributed by atoms with E-state index in [1.165, 1.54) is 12.1 Å². The van der Waals surface area contributed by atoms with E-state index in [0.717, 1.165) is 56.5 Å². The standard InChI is InChI=1S/C22H26F6N2/c1-3-4-5-6-13-29-14-15(2)18-11-12-19(30-20(18)22(26,27)28)16-7-9-17(10-8-16)21(23,24)25/h7-12,15,29H,3-6,13-14H2,1-2H3. The van der Waals surface area contributed by atoms with Crippen LogP contribution in [0.4, 0.5) is 26.3 Å². The molecule has 1 heterocycles. The van der Waals surface area contributed by atoms with Gasteiger partial charge in [-0.15, -0.1) is 0 Å². The fourth-order valence-corrected chi connectivity index (χ4v) is 3.19. The summed E-state index contributed by atoms with van der Waals surface area (Å²) >= 11 is 0. The van der Waals surface area contributed by atoms with Gasteiger partial charge in [-0.05, 0) is 42.6 Å². The summed E-state index contributed by atoms with van der Waals surface area (Å²) in [7, 11) is 0. The Morgan fingerprint density at radius 2 is 1.53 bits per heavy atom. The lowest BCUT2D eigenvalue weighted by Gasteiger charge is -2.19. The zero-order valence-corrected chi connectivity index (χ0v) is 17.0. The molecule has 0 amide bonds.